The Kier molecular flexibility index (Phi) is 5.15. The van der Waals surface area contributed by atoms with Gasteiger partial charge in [-0.2, -0.15) is 14.6 Å². The van der Waals surface area contributed by atoms with Crippen molar-refractivity contribution in [3.63, 3.8) is 0 Å². The number of methoxy groups -OCH3 is 3. The van der Waals surface area contributed by atoms with E-state index in [0.29, 0.717) is 23.8 Å². The third-order valence-electron chi connectivity index (χ3n) is 4.64. The molecule has 1 N–H and O–H groups in total. The predicted molar refractivity (Wildman–Crippen MR) is 110 cm³/mol. The lowest BCUT2D eigenvalue weighted by Gasteiger charge is -2.16. The molecular formula is C21H21N5O3. The predicted octanol–water partition coefficient (Wildman–Crippen LogP) is 3.43. The summed E-state index contributed by atoms with van der Waals surface area (Å²) in [4.78, 5) is 8.60. The second-order valence-electron chi connectivity index (χ2n) is 6.23. The van der Waals surface area contributed by atoms with Gasteiger partial charge in [-0.1, -0.05) is 24.3 Å². The minimum absolute atomic E-state index is 0.502. The molecule has 0 spiro atoms. The number of nitrogens with one attached hydrogen (secondary N) is 1. The van der Waals surface area contributed by atoms with Gasteiger partial charge in [0.05, 0.1) is 21.3 Å². The van der Waals surface area contributed by atoms with Crippen LogP contribution in [0.15, 0.2) is 55.0 Å². The van der Waals surface area contributed by atoms with E-state index in [1.807, 2.05) is 42.5 Å². The van der Waals surface area contributed by atoms with Gasteiger partial charge < -0.3 is 19.5 Å². The fourth-order valence-electron chi connectivity index (χ4n) is 3.20. The zero-order valence-corrected chi connectivity index (χ0v) is 16.4. The minimum atomic E-state index is 0.502. The third kappa shape index (κ3) is 3.52. The standard InChI is InChI=1S/C21H21N5O3/c1-27-16-9-7-14(8-10-16)17-12-23-21-24-13-25-26(21)20(17)22-11-15-5-4-6-18(28-2)19(15)29-3/h4-10,12-13,22H,11H2,1-3H3. The smallest absolute Gasteiger partial charge is 0.254 e. The zero-order valence-electron chi connectivity index (χ0n) is 16.4. The highest BCUT2D eigenvalue weighted by Crippen LogP contribution is 2.33. The molecule has 4 rings (SSSR count). The minimum Gasteiger partial charge on any atom is -0.497 e. The molecule has 2 aromatic heterocycles. The lowest BCUT2D eigenvalue weighted by Crippen LogP contribution is -2.09. The van der Waals surface area contributed by atoms with Crippen LogP contribution in [0.2, 0.25) is 0 Å². The van der Waals surface area contributed by atoms with E-state index in [0.717, 1.165) is 28.3 Å². The first-order chi connectivity index (χ1) is 14.2. The summed E-state index contributed by atoms with van der Waals surface area (Å²) in [6.07, 6.45) is 3.27. The van der Waals surface area contributed by atoms with Crippen LogP contribution < -0.4 is 19.5 Å². The molecule has 0 atom stereocenters. The van der Waals surface area contributed by atoms with Crippen molar-refractivity contribution in [1.82, 2.24) is 19.6 Å². The summed E-state index contributed by atoms with van der Waals surface area (Å²) in [5.74, 6) is 3.46. The Morgan fingerprint density at radius 1 is 0.931 bits per heavy atom. The molecule has 0 amide bonds. The van der Waals surface area contributed by atoms with Crippen molar-refractivity contribution in [3.8, 4) is 28.4 Å². The largest absolute Gasteiger partial charge is 0.497 e. The Balaban J connectivity index is 1.74. The van der Waals surface area contributed by atoms with Crippen LogP contribution in [-0.2, 0) is 6.54 Å². The maximum atomic E-state index is 5.54. The van der Waals surface area contributed by atoms with Gasteiger partial charge in [0, 0.05) is 23.9 Å². The Bertz CT molecular complexity index is 1130. The average Bonchev–Trinajstić information content (AvgIpc) is 3.26. The Morgan fingerprint density at radius 2 is 1.76 bits per heavy atom. The van der Waals surface area contributed by atoms with Crippen molar-refractivity contribution in [1.29, 1.82) is 0 Å². The monoisotopic (exact) mass is 391 g/mol. The van der Waals surface area contributed by atoms with Crippen LogP contribution >= 0.6 is 0 Å². The molecule has 148 valence electrons. The number of rotatable bonds is 7. The molecule has 2 aromatic carbocycles. The van der Waals surface area contributed by atoms with Gasteiger partial charge in [0.15, 0.2) is 11.5 Å². The molecule has 0 bridgehead atoms. The molecule has 0 saturated carbocycles. The highest BCUT2D eigenvalue weighted by atomic mass is 16.5. The summed E-state index contributed by atoms with van der Waals surface area (Å²) in [5, 5.41) is 7.79. The summed E-state index contributed by atoms with van der Waals surface area (Å²) in [6, 6.07) is 13.6. The van der Waals surface area contributed by atoms with E-state index in [2.05, 4.69) is 20.4 Å². The molecule has 4 aromatic rings. The lowest BCUT2D eigenvalue weighted by molar-refractivity contribution is 0.352. The number of ether oxygens (including phenoxy) is 3. The molecule has 0 saturated heterocycles. The van der Waals surface area contributed by atoms with Crippen LogP contribution in [0.4, 0.5) is 5.82 Å². The molecule has 0 aliphatic heterocycles. The number of para-hydroxylation sites is 1. The quantitative estimate of drug-likeness (QED) is 0.517. The maximum absolute atomic E-state index is 5.54. The maximum Gasteiger partial charge on any atom is 0.254 e. The van der Waals surface area contributed by atoms with E-state index < -0.39 is 0 Å². The van der Waals surface area contributed by atoms with E-state index in [1.54, 1.807) is 32.0 Å². The molecule has 0 fully saturated rings. The highest BCUT2D eigenvalue weighted by molar-refractivity contribution is 5.76. The normalized spacial score (nSPS) is 10.7. The number of hydrogen-bond donors (Lipinski definition) is 1. The van der Waals surface area contributed by atoms with Crippen molar-refractivity contribution in [3.05, 3.63) is 60.6 Å². The SMILES string of the molecule is COc1ccc(-c2cnc3ncnn3c2NCc2cccc(OC)c2OC)cc1. The average molecular weight is 391 g/mol. The molecule has 0 aliphatic carbocycles. The summed E-state index contributed by atoms with van der Waals surface area (Å²) in [7, 11) is 4.90. The molecule has 8 heteroatoms. The molecule has 29 heavy (non-hydrogen) atoms. The number of fused-ring (bicyclic) bond motifs is 1. The van der Waals surface area contributed by atoms with Crippen molar-refractivity contribution in [2.24, 2.45) is 0 Å². The number of nitrogens with zero attached hydrogens (tertiary/aromatic N) is 4. The van der Waals surface area contributed by atoms with Gasteiger partial charge in [-0.3, -0.25) is 0 Å². The van der Waals surface area contributed by atoms with Crippen molar-refractivity contribution >= 4 is 11.6 Å². The second kappa shape index (κ2) is 8.05. The van der Waals surface area contributed by atoms with Gasteiger partial charge in [0.1, 0.15) is 17.9 Å². The fourth-order valence-corrected chi connectivity index (χ4v) is 3.20. The lowest BCUT2D eigenvalue weighted by atomic mass is 10.1. The zero-order chi connectivity index (χ0) is 20.2. The van der Waals surface area contributed by atoms with Gasteiger partial charge in [-0.25, -0.2) is 4.98 Å². The third-order valence-corrected chi connectivity index (χ3v) is 4.64. The summed E-state index contributed by atoms with van der Waals surface area (Å²) in [6.45, 7) is 0.502. The van der Waals surface area contributed by atoms with Gasteiger partial charge in [0.25, 0.3) is 5.78 Å². The van der Waals surface area contributed by atoms with Crippen LogP contribution in [0.5, 0.6) is 17.2 Å². The van der Waals surface area contributed by atoms with Gasteiger partial charge in [0.2, 0.25) is 0 Å². The van der Waals surface area contributed by atoms with Gasteiger partial charge >= 0.3 is 0 Å². The molecule has 8 nitrogen and oxygen atoms in total. The number of benzene rings is 2. The fraction of sp³-hybridized carbons (Fsp3) is 0.190. The summed E-state index contributed by atoms with van der Waals surface area (Å²) < 4.78 is 17.9. The Morgan fingerprint density at radius 3 is 2.48 bits per heavy atom. The Labute approximate surface area is 168 Å². The van der Waals surface area contributed by atoms with Gasteiger partial charge in [-0.15, -0.1) is 0 Å². The van der Waals surface area contributed by atoms with Crippen molar-refractivity contribution in [2.45, 2.75) is 6.54 Å². The molecule has 0 unspecified atom stereocenters. The van der Waals surface area contributed by atoms with E-state index in [-0.39, 0.29) is 0 Å². The van der Waals surface area contributed by atoms with E-state index in [1.165, 1.54) is 6.33 Å². The van der Waals surface area contributed by atoms with Crippen LogP contribution in [0.1, 0.15) is 5.56 Å². The summed E-state index contributed by atoms with van der Waals surface area (Å²) >= 11 is 0. The second-order valence-corrected chi connectivity index (χ2v) is 6.23. The molecule has 2 heterocycles. The van der Waals surface area contributed by atoms with Crippen LogP contribution in [0, 0.1) is 0 Å². The highest BCUT2D eigenvalue weighted by Gasteiger charge is 2.15. The van der Waals surface area contributed by atoms with E-state index >= 15 is 0 Å². The van der Waals surface area contributed by atoms with Gasteiger partial charge in [-0.05, 0) is 23.8 Å². The van der Waals surface area contributed by atoms with Crippen molar-refractivity contribution < 1.29 is 14.2 Å². The number of hydrogen-bond acceptors (Lipinski definition) is 7. The molecule has 0 radical (unpaired) electrons. The number of aromatic nitrogens is 4. The van der Waals surface area contributed by atoms with Crippen molar-refractivity contribution in [2.75, 3.05) is 26.6 Å². The van der Waals surface area contributed by atoms with Crippen LogP contribution in [-0.4, -0.2) is 40.9 Å². The first kappa shape index (κ1) is 18.5. The van der Waals surface area contributed by atoms with E-state index in [9.17, 15) is 0 Å². The van der Waals surface area contributed by atoms with E-state index in [4.69, 9.17) is 14.2 Å². The van der Waals surface area contributed by atoms with Crippen LogP contribution in [0.25, 0.3) is 16.9 Å². The molecule has 0 aliphatic rings. The molecular weight excluding hydrogens is 370 g/mol. The Hall–Kier alpha value is -3.81. The number of anilines is 1. The first-order valence-corrected chi connectivity index (χ1v) is 9.02. The first-order valence-electron chi connectivity index (χ1n) is 9.02. The van der Waals surface area contributed by atoms with Crippen LogP contribution in [0.3, 0.4) is 0 Å². The summed E-state index contributed by atoms with van der Waals surface area (Å²) in [5.41, 5.74) is 2.83. The topological polar surface area (TPSA) is 82.8 Å².